The molecule has 0 atom stereocenters. The molecule has 0 saturated carbocycles. The lowest BCUT2D eigenvalue weighted by molar-refractivity contribution is -0.118. The van der Waals surface area contributed by atoms with Crippen LogP contribution in [0.5, 0.6) is 5.75 Å². The van der Waals surface area contributed by atoms with E-state index in [1.807, 2.05) is 43.3 Å². The van der Waals surface area contributed by atoms with Crippen molar-refractivity contribution >= 4 is 45.4 Å². The van der Waals surface area contributed by atoms with Crippen LogP contribution < -0.4 is 11.0 Å². The number of nitrogens with one attached hydrogen (secondary N) is 1. The second-order valence-corrected chi connectivity index (χ2v) is 11.2. The zero-order chi connectivity index (χ0) is 26.6. The highest BCUT2D eigenvalue weighted by Crippen LogP contribution is 2.35. The van der Waals surface area contributed by atoms with Crippen molar-refractivity contribution in [1.82, 2.24) is 15.0 Å². The van der Waals surface area contributed by atoms with Gasteiger partial charge in [-0.3, -0.25) is 14.2 Å². The fraction of sp³-hybridized carbons (Fsp3) is 0.241. The van der Waals surface area contributed by atoms with Gasteiger partial charge in [0.25, 0.3) is 11.5 Å². The van der Waals surface area contributed by atoms with Crippen molar-refractivity contribution in [2.75, 3.05) is 5.75 Å². The number of hydrogen-bond acceptors (Lipinski definition) is 7. The standard InChI is InChI=1S/C29H28N4O3S2/c1-3-7-19-8-6-9-20(26(19)35)16-30-32-24(34)17-37-29-31-27-25(22-10-4-5-11-23(22)38-27)28(36)33(29)21-14-12-18(2)13-15-21/h3,6,8-9,12-16,35H,1,4-5,7,10-11,17H2,2H3,(H,32,34)/b30-16-. The summed E-state index contributed by atoms with van der Waals surface area (Å²) in [5.41, 5.74) is 6.60. The van der Waals surface area contributed by atoms with Gasteiger partial charge in [0.15, 0.2) is 5.16 Å². The van der Waals surface area contributed by atoms with E-state index in [0.29, 0.717) is 22.5 Å². The smallest absolute Gasteiger partial charge is 0.267 e. The third-order valence-corrected chi connectivity index (χ3v) is 8.61. The number of thiophene rings is 1. The zero-order valence-electron chi connectivity index (χ0n) is 21.1. The lowest BCUT2D eigenvalue weighted by Gasteiger charge is -2.13. The Morgan fingerprint density at radius 3 is 2.82 bits per heavy atom. The summed E-state index contributed by atoms with van der Waals surface area (Å²) in [6.45, 7) is 5.70. The molecule has 1 aliphatic carbocycles. The molecule has 5 rings (SSSR count). The van der Waals surface area contributed by atoms with E-state index in [2.05, 4.69) is 17.1 Å². The number of para-hydroxylation sites is 1. The quantitative estimate of drug-likeness (QED) is 0.103. The first-order chi connectivity index (χ1) is 18.5. The van der Waals surface area contributed by atoms with E-state index in [1.54, 1.807) is 28.0 Å². The van der Waals surface area contributed by atoms with Crippen LogP contribution in [0, 0.1) is 6.92 Å². The number of carbonyl (C=O) groups excluding carboxylic acids is 1. The summed E-state index contributed by atoms with van der Waals surface area (Å²) < 4.78 is 1.62. The maximum Gasteiger partial charge on any atom is 0.267 e. The number of aromatic nitrogens is 2. The molecule has 0 fully saturated rings. The number of hydrogen-bond donors (Lipinski definition) is 2. The van der Waals surface area contributed by atoms with Crippen LogP contribution in [0.25, 0.3) is 15.9 Å². The van der Waals surface area contributed by atoms with Gasteiger partial charge in [-0.15, -0.1) is 17.9 Å². The molecule has 1 aliphatic rings. The number of fused-ring (bicyclic) bond motifs is 3. The zero-order valence-corrected chi connectivity index (χ0v) is 22.7. The second kappa shape index (κ2) is 11.4. The van der Waals surface area contributed by atoms with Gasteiger partial charge in [-0.2, -0.15) is 5.10 Å². The summed E-state index contributed by atoms with van der Waals surface area (Å²) >= 11 is 2.79. The molecule has 38 heavy (non-hydrogen) atoms. The van der Waals surface area contributed by atoms with E-state index in [1.165, 1.54) is 22.9 Å². The van der Waals surface area contributed by atoms with Crippen molar-refractivity contribution in [1.29, 1.82) is 0 Å². The molecule has 2 aromatic carbocycles. The molecule has 194 valence electrons. The molecule has 4 aromatic rings. The molecule has 1 amide bonds. The van der Waals surface area contributed by atoms with Crippen LogP contribution >= 0.6 is 23.1 Å². The minimum absolute atomic E-state index is 0.0225. The van der Waals surface area contributed by atoms with E-state index in [4.69, 9.17) is 4.98 Å². The van der Waals surface area contributed by atoms with Gasteiger partial charge >= 0.3 is 0 Å². The minimum atomic E-state index is -0.344. The van der Waals surface area contributed by atoms with E-state index in [-0.39, 0.29) is 23.0 Å². The number of phenolic OH excluding ortho intramolecular Hbond substituents is 1. The first kappa shape index (κ1) is 25.9. The number of rotatable bonds is 8. The molecule has 9 heteroatoms. The highest BCUT2D eigenvalue weighted by Gasteiger charge is 2.23. The number of aryl methyl sites for hydroxylation is 3. The minimum Gasteiger partial charge on any atom is -0.507 e. The molecule has 2 aromatic heterocycles. The number of allylic oxidation sites excluding steroid dienone is 1. The predicted octanol–water partition coefficient (Wildman–Crippen LogP) is 5.31. The Kier molecular flexibility index (Phi) is 7.76. The molecule has 0 saturated heterocycles. The fourth-order valence-electron chi connectivity index (χ4n) is 4.58. The van der Waals surface area contributed by atoms with Crippen LogP contribution in [-0.2, 0) is 24.1 Å². The topological polar surface area (TPSA) is 96.6 Å². The third kappa shape index (κ3) is 5.30. The Morgan fingerprint density at radius 2 is 2.03 bits per heavy atom. The van der Waals surface area contributed by atoms with E-state index >= 15 is 0 Å². The van der Waals surface area contributed by atoms with Gasteiger partial charge in [-0.25, -0.2) is 10.4 Å². The summed E-state index contributed by atoms with van der Waals surface area (Å²) in [4.78, 5) is 33.3. The Morgan fingerprint density at radius 1 is 1.24 bits per heavy atom. The van der Waals surface area contributed by atoms with Gasteiger partial charge in [-0.1, -0.05) is 47.7 Å². The molecule has 2 N–H and O–H groups in total. The van der Waals surface area contributed by atoms with Crippen molar-refractivity contribution < 1.29 is 9.90 Å². The van der Waals surface area contributed by atoms with Crippen LogP contribution in [0.3, 0.4) is 0 Å². The Bertz CT molecular complexity index is 1600. The Labute approximate surface area is 228 Å². The third-order valence-electron chi connectivity index (χ3n) is 6.49. The first-order valence-electron chi connectivity index (χ1n) is 12.5. The average Bonchev–Trinajstić information content (AvgIpc) is 3.29. The van der Waals surface area contributed by atoms with Crippen LogP contribution in [0.4, 0.5) is 0 Å². The molecular weight excluding hydrogens is 516 g/mol. The van der Waals surface area contributed by atoms with Crippen LogP contribution in [0.1, 0.15) is 40.0 Å². The number of carbonyl (C=O) groups is 1. The van der Waals surface area contributed by atoms with Crippen molar-refractivity contribution in [2.24, 2.45) is 5.10 Å². The summed E-state index contributed by atoms with van der Waals surface area (Å²) in [6.07, 6.45) is 7.74. The van der Waals surface area contributed by atoms with E-state index in [9.17, 15) is 14.7 Å². The molecule has 0 radical (unpaired) electrons. The fourth-order valence-corrected chi connectivity index (χ4v) is 6.68. The molecule has 0 spiro atoms. The Hall–Kier alpha value is -3.69. The summed E-state index contributed by atoms with van der Waals surface area (Å²) in [5.74, 6) is -0.212. The number of aromatic hydroxyl groups is 1. The largest absolute Gasteiger partial charge is 0.507 e. The maximum atomic E-state index is 13.8. The second-order valence-electron chi connectivity index (χ2n) is 9.19. The van der Waals surface area contributed by atoms with Crippen molar-refractivity contribution in [2.45, 2.75) is 44.2 Å². The van der Waals surface area contributed by atoms with Gasteiger partial charge < -0.3 is 5.11 Å². The number of nitrogens with zero attached hydrogens (tertiary/aromatic N) is 3. The summed E-state index contributed by atoms with van der Waals surface area (Å²) in [5, 5.41) is 15.6. The molecule has 0 aliphatic heterocycles. The predicted molar refractivity (Wildman–Crippen MR) is 155 cm³/mol. The number of phenols is 1. The molecule has 0 unspecified atom stereocenters. The van der Waals surface area contributed by atoms with Crippen molar-refractivity contribution in [3.05, 3.63) is 92.6 Å². The van der Waals surface area contributed by atoms with Crippen molar-refractivity contribution in [3.8, 4) is 11.4 Å². The lowest BCUT2D eigenvalue weighted by Crippen LogP contribution is -2.24. The first-order valence-corrected chi connectivity index (χ1v) is 14.3. The molecular formula is C29H28N4O3S2. The van der Waals surface area contributed by atoms with E-state index in [0.717, 1.165) is 52.9 Å². The van der Waals surface area contributed by atoms with Gasteiger partial charge in [-0.05, 0) is 68.4 Å². The normalized spacial score (nSPS) is 13.1. The molecule has 0 bridgehead atoms. The number of hydrazone groups is 1. The van der Waals surface area contributed by atoms with E-state index < -0.39 is 0 Å². The summed E-state index contributed by atoms with van der Waals surface area (Å²) in [7, 11) is 0. The van der Waals surface area contributed by atoms with Gasteiger partial charge in [0, 0.05) is 10.4 Å². The SMILES string of the molecule is C=CCc1cccc(/C=N\NC(=O)CSc2nc3sc4c(c3c(=O)n2-c2ccc(C)cc2)CCCC4)c1O. The maximum absolute atomic E-state index is 13.8. The highest BCUT2D eigenvalue weighted by atomic mass is 32.2. The van der Waals surface area contributed by atoms with Crippen LogP contribution in [0.15, 0.2) is 70.2 Å². The van der Waals surface area contributed by atoms with Crippen LogP contribution in [-0.4, -0.2) is 32.5 Å². The monoisotopic (exact) mass is 544 g/mol. The van der Waals surface area contributed by atoms with Gasteiger partial charge in [0.1, 0.15) is 10.6 Å². The van der Waals surface area contributed by atoms with Crippen molar-refractivity contribution in [3.63, 3.8) is 0 Å². The van der Waals surface area contributed by atoms with Gasteiger partial charge in [0.2, 0.25) is 0 Å². The van der Waals surface area contributed by atoms with Gasteiger partial charge in [0.05, 0.1) is 23.0 Å². The highest BCUT2D eigenvalue weighted by molar-refractivity contribution is 7.99. The number of benzene rings is 2. The lowest BCUT2D eigenvalue weighted by atomic mass is 9.97. The molecule has 2 heterocycles. The summed E-state index contributed by atoms with van der Waals surface area (Å²) in [6, 6.07) is 13.1. The average molecular weight is 545 g/mol. The number of amides is 1. The molecule has 7 nitrogen and oxygen atoms in total. The van der Waals surface area contributed by atoms with Crippen LogP contribution in [0.2, 0.25) is 0 Å². The number of thioether (sulfide) groups is 1. The Balaban J connectivity index is 1.39.